The number of benzene rings is 1. The zero-order valence-electron chi connectivity index (χ0n) is 12.1. The average Bonchev–Trinajstić information content (AvgIpc) is 3.09. The largest absolute Gasteiger partial charge is 0.323 e. The van der Waals surface area contributed by atoms with Crippen molar-refractivity contribution in [2.24, 2.45) is 0 Å². The first-order valence-electron chi connectivity index (χ1n) is 6.94. The van der Waals surface area contributed by atoms with Gasteiger partial charge in [0.1, 0.15) is 6.54 Å². The van der Waals surface area contributed by atoms with E-state index in [0.717, 1.165) is 16.9 Å². The van der Waals surface area contributed by atoms with Crippen LogP contribution in [0.2, 0.25) is 5.02 Å². The lowest BCUT2D eigenvalue weighted by Gasteiger charge is -2.12. The smallest absolute Gasteiger partial charge is 0.245 e. The van der Waals surface area contributed by atoms with Crippen LogP contribution in [-0.4, -0.2) is 39.9 Å². The van der Waals surface area contributed by atoms with Gasteiger partial charge in [0.2, 0.25) is 11.8 Å². The number of hydrogen-bond donors (Lipinski definition) is 1. The number of carbonyl (C=O) groups is 2. The number of anilines is 1. The van der Waals surface area contributed by atoms with Crippen molar-refractivity contribution >= 4 is 51.6 Å². The number of hydrogen-bond acceptors (Lipinski definition) is 5. The molecule has 3 rings (SSSR count). The summed E-state index contributed by atoms with van der Waals surface area (Å²) < 4.78 is 0. The van der Waals surface area contributed by atoms with Gasteiger partial charge in [0.25, 0.3) is 0 Å². The molecule has 2 aromatic rings. The Balaban J connectivity index is 1.56. The maximum Gasteiger partial charge on any atom is 0.245 e. The van der Waals surface area contributed by atoms with Gasteiger partial charge in [-0.05, 0) is 17.7 Å². The van der Waals surface area contributed by atoms with E-state index in [-0.39, 0.29) is 18.4 Å². The van der Waals surface area contributed by atoms with E-state index in [1.54, 1.807) is 11.1 Å². The molecule has 23 heavy (non-hydrogen) atoms. The predicted molar refractivity (Wildman–Crippen MR) is 94.0 cm³/mol. The van der Waals surface area contributed by atoms with Crippen LogP contribution in [-0.2, 0) is 16.0 Å². The number of carbonyl (C=O) groups excluding carboxylic acids is 2. The van der Waals surface area contributed by atoms with Crippen molar-refractivity contribution in [2.45, 2.75) is 6.42 Å². The summed E-state index contributed by atoms with van der Waals surface area (Å²) in [6.07, 6.45) is 2.47. The number of amides is 2. The Labute approximate surface area is 147 Å². The molecule has 1 aromatic heterocycles. The van der Waals surface area contributed by atoms with Crippen LogP contribution in [0.25, 0.3) is 0 Å². The van der Waals surface area contributed by atoms with E-state index in [0.29, 0.717) is 21.8 Å². The minimum Gasteiger partial charge on any atom is -0.323 e. The Kier molecular flexibility index (Phi) is 5.20. The Hall–Kier alpha value is -1.57. The van der Waals surface area contributed by atoms with Crippen molar-refractivity contribution in [3.63, 3.8) is 0 Å². The molecule has 1 fully saturated rings. The first kappa shape index (κ1) is 16.3. The molecule has 1 saturated heterocycles. The lowest BCUT2D eigenvalue weighted by atomic mass is 10.1. The Morgan fingerprint density at radius 1 is 1.43 bits per heavy atom. The summed E-state index contributed by atoms with van der Waals surface area (Å²) >= 11 is 8.92. The number of halogens is 1. The Bertz CT molecular complexity index is 735. The van der Waals surface area contributed by atoms with Crippen LogP contribution in [0.5, 0.6) is 0 Å². The predicted octanol–water partition coefficient (Wildman–Crippen LogP) is 2.86. The molecule has 120 valence electrons. The number of aromatic nitrogens is 1. The molecule has 0 unspecified atom stereocenters. The number of nitrogens with zero attached hydrogens (tertiary/aromatic N) is 2. The van der Waals surface area contributed by atoms with Gasteiger partial charge in [-0.3, -0.25) is 9.59 Å². The van der Waals surface area contributed by atoms with E-state index in [4.69, 9.17) is 11.6 Å². The second-order valence-corrected chi connectivity index (χ2v) is 7.56. The van der Waals surface area contributed by atoms with Gasteiger partial charge in [-0.25, -0.2) is 4.98 Å². The lowest BCUT2D eigenvalue weighted by molar-refractivity contribution is -0.130. The van der Waals surface area contributed by atoms with Gasteiger partial charge < -0.3 is 10.2 Å². The molecule has 0 aliphatic carbocycles. The highest BCUT2D eigenvalue weighted by Gasteiger charge is 2.23. The van der Waals surface area contributed by atoms with Crippen LogP contribution in [0.3, 0.4) is 0 Å². The maximum absolute atomic E-state index is 12.0. The van der Waals surface area contributed by atoms with Crippen molar-refractivity contribution in [3.05, 3.63) is 45.9 Å². The molecular formula is C15H14ClN3O2S2. The maximum atomic E-state index is 12.0. The summed E-state index contributed by atoms with van der Waals surface area (Å²) in [5.74, 6) is 0.814. The quantitative estimate of drug-likeness (QED) is 0.882. The molecule has 0 bridgehead atoms. The molecule has 1 aliphatic rings. The molecule has 0 atom stereocenters. The summed E-state index contributed by atoms with van der Waals surface area (Å²) in [5, 5.41) is 4.00. The molecule has 2 amide bonds. The monoisotopic (exact) mass is 367 g/mol. The van der Waals surface area contributed by atoms with Crippen molar-refractivity contribution in [1.82, 2.24) is 9.88 Å². The number of nitrogens with one attached hydrogen (secondary N) is 1. The second-order valence-electron chi connectivity index (χ2n) is 5.06. The fourth-order valence-electron chi connectivity index (χ4n) is 2.17. The zero-order chi connectivity index (χ0) is 16.2. The van der Waals surface area contributed by atoms with E-state index in [2.05, 4.69) is 10.3 Å². The highest BCUT2D eigenvalue weighted by molar-refractivity contribution is 8.00. The minimum absolute atomic E-state index is 0.00549. The van der Waals surface area contributed by atoms with Gasteiger partial charge in [0.05, 0.1) is 11.6 Å². The molecule has 0 spiro atoms. The molecule has 1 aromatic carbocycles. The summed E-state index contributed by atoms with van der Waals surface area (Å²) in [6.45, 7) is 0.0784. The first-order chi connectivity index (χ1) is 11.1. The first-order valence-corrected chi connectivity index (χ1v) is 9.29. The third-order valence-electron chi connectivity index (χ3n) is 3.23. The normalized spacial score (nSPS) is 14.3. The van der Waals surface area contributed by atoms with Gasteiger partial charge >= 0.3 is 0 Å². The molecule has 1 N–H and O–H groups in total. The van der Waals surface area contributed by atoms with Crippen molar-refractivity contribution in [2.75, 3.05) is 23.5 Å². The topological polar surface area (TPSA) is 62.3 Å². The van der Waals surface area contributed by atoms with Gasteiger partial charge in [-0.1, -0.05) is 23.7 Å². The van der Waals surface area contributed by atoms with Crippen LogP contribution in [0.4, 0.5) is 5.13 Å². The molecule has 8 heteroatoms. The van der Waals surface area contributed by atoms with E-state index in [9.17, 15) is 9.59 Å². The van der Waals surface area contributed by atoms with Crippen LogP contribution in [0, 0.1) is 0 Å². The molecule has 0 radical (unpaired) electrons. The highest BCUT2D eigenvalue weighted by atomic mass is 35.5. The van der Waals surface area contributed by atoms with E-state index < -0.39 is 0 Å². The molecule has 5 nitrogen and oxygen atoms in total. The lowest BCUT2D eigenvalue weighted by Crippen LogP contribution is -2.34. The van der Waals surface area contributed by atoms with Crippen molar-refractivity contribution in [3.8, 4) is 0 Å². The molecular weight excluding hydrogens is 354 g/mol. The zero-order valence-corrected chi connectivity index (χ0v) is 14.5. The summed E-state index contributed by atoms with van der Waals surface area (Å²) in [6, 6.07) is 7.66. The Morgan fingerprint density at radius 3 is 3.04 bits per heavy atom. The number of thiazole rings is 1. The van der Waals surface area contributed by atoms with Crippen LogP contribution in [0.15, 0.2) is 30.5 Å². The summed E-state index contributed by atoms with van der Waals surface area (Å²) in [4.78, 5) is 30.3. The third-order valence-corrected chi connectivity index (χ3v) is 5.32. The van der Waals surface area contributed by atoms with Crippen molar-refractivity contribution in [1.29, 1.82) is 0 Å². The van der Waals surface area contributed by atoms with Gasteiger partial charge in [0.15, 0.2) is 5.13 Å². The van der Waals surface area contributed by atoms with Gasteiger partial charge in [-0.2, -0.15) is 0 Å². The fraction of sp³-hybridized carbons (Fsp3) is 0.267. The molecule has 0 saturated carbocycles. The van der Waals surface area contributed by atoms with Crippen LogP contribution >= 0.6 is 34.7 Å². The SMILES string of the molecule is O=C(CN1CSCC1=O)Nc1ncc(Cc2cccc(Cl)c2)s1. The fourth-order valence-corrected chi connectivity index (χ4v) is 4.15. The number of thioether (sulfide) groups is 1. The third kappa shape index (κ3) is 4.46. The van der Waals surface area contributed by atoms with E-state index >= 15 is 0 Å². The van der Waals surface area contributed by atoms with Crippen LogP contribution < -0.4 is 5.32 Å². The summed E-state index contributed by atoms with van der Waals surface area (Å²) in [7, 11) is 0. The van der Waals surface area contributed by atoms with Gasteiger partial charge in [-0.15, -0.1) is 23.1 Å². The second kappa shape index (κ2) is 7.33. The average molecular weight is 368 g/mol. The number of rotatable bonds is 5. The van der Waals surface area contributed by atoms with E-state index in [1.807, 2.05) is 24.3 Å². The molecule has 1 aliphatic heterocycles. The van der Waals surface area contributed by atoms with Crippen molar-refractivity contribution < 1.29 is 9.59 Å². The standard InChI is InChI=1S/C15H14ClN3O2S2/c16-11-3-1-2-10(4-11)5-12-6-17-15(23-12)18-13(20)7-19-9-22-8-14(19)21/h1-4,6H,5,7-9H2,(H,17,18,20). The summed E-state index contributed by atoms with van der Waals surface area (Å²) in [5.41, 5.74) is 1.10. The Morgan fingerprint density at radius 2 is 2.30 bits per heavy atom. The van der Waals surface area contributed by atoms with Gasteiger partial charge in [0, 0.05) is 22.5 Å². The highest BCUT2D eigenvalue weighted by Crippen LogP contribution is 2.22. The van der Waals surface area contributed by atoms with E-state index in [1.165, 1.54) is 23.1 Å². The minimum atomic E-state index is -0.218. The molecule has 2 heterocycles. The van der Waals surface area contributed by atoms with Crippen LogP contribution in [0.1, 0.15) is 10.4 Å².